The summed E-state index contributed by atoms with van der Waals surface area (Å²) in [7, 11) is -0.165. The van der Waals surface area contributed by atoms with Crippen molar-refractivity contribution in [1.82, 2.24) is 5.32 Å². The van der Waals surface area contributed by atoms with Gasteiger partial charge in [0.25, 0.3) is 5.91 Å². The second kappa shape index (κ2) is 9.40. The fourth-order valence-electron chi connectivity index (χ4n) is 2.22. The van der Waals surface area contributed by atoms with E-state index in [0.29, 0.717) is 5.32 Å². The van der Waals surface area contributed by atoms with E-state index in [1.165, 1.54) is 0 Å². The van der Waals surface area contributed by atoms with E-state index in [-0.39, 0.29) is 7.05 Å². The van der Waals surface area contributed by atoms with Gasteiger partial charge in [-0.2, -0.15) is 96.6 Å². The van der Waals surface area contributed by atoms with Crippen LogP contribution in [-0.2, 0) is 4.79 Å². The number of hydrogen-bond acceptors (Lipinski definition) is 1. The van der Waals surface area contributed by atoms with Gasteiger partial charge < -0.3 is 5.32 Å². The van der Waals surface area contributed by atoms with Crippen LogP contribution in [0.4, 0.5) is 105 Å². The molecule has 1 amide bonds. The Morgan fingerprint density at radius 2 is 0.625 bits per heavy atom. The molecule has 240 valence electrons. The summed E-state index contributed by atoms with van der Waals surface area (Å²) in [5.74, 6) is -101. The lowest BCUT2D eigenvalue weighted by Gasteiger charge is -2.45. The lowest BCUT2D eigenvalue weighted by molar-refractivity contribution is -0.475. The second-order valence-corrected chi connectivity index (χ2v) is 7.25. The first-order valence-electron chi connectivity index (χ1n) is 8.59. The first kappa shape index (κ1) is 37.8. The van der Waals surface area contributed by atoms with Gasteiger partial charge in [0.05, 0.1) is 0 Å². The van der Waals surface area contributed by atoms with Crippen LogP contribution in [0.2, 0.25) is 0 Å². The Kier molecular flexibility index (Phi) is 8.88. The largest absolute Gasteiger partial charge is 0.392 e. The van der Waals surface area contributed by atoms with Gasteiger partial charge in [-0.1, -0.05) is 0 Å². The van der Waals surface area contributed by atoms with Crippen LogP contribution >= 0.6 is 0 Å². The molecule has 0 saturated heterocycles. The topological polar surface area (TPSA) is 29.1 Å². The molecule has 2 nitrogen and oxygen atoms in total. The van der Waals surface area contributed by atoms with E-state index in [2.05, 4.69) is 0 Å². The van der Waals surface area contributed by atoms with Crippen LogP contribution in [0.1, 0.15) is 0 Å². The molecule has 0 aliphatic heterocycles. The minimum atomic E-state index is -9.53. The molecule has 0 bridgehead atoms. The van der Waals surface area contributed by atoms with Crippen LogP contribution in [0.3, 0.4) is 0 Å². The molecule has 0 heterocycles. The molecular weight excluding hydrogens is 654 g/mol. The van der Waals surface area contributed by atoms with Gasteiger partial charge in [0, 0.05) is 7.05 Å². The highest BCUT2D eigenvalue weighted by Gasteiger charge is 2.99. The first-order chi connectivity index (χ1) is 16.9. The monoisotopic (exact) mass is 659 g/mol. The van der Waals surface area contributed by atoms with E-state index < -0.39 is 77.5 Å². The maximum absolute atomic E-state index is 13.6. The van der Waals surface area contributed by atoms with Crippen molar-refractivity contribution < 1.29 is 110 Å². The van der Waals surface area contributed by atoms with Gasteiger partial charge in [-0.15, -0.1) is 0 Å². The van der Waals surface area contributed by atoms with Crippen molar-refractivity contribution in [2.75, 3.05) is 7.05 Å². The normalized spacial score (nSPS) is 16.4. The standard InChI is InChI=1S/C14H5F24NO/c1-39-3(40)5(19,20)7(23,24)9(27,28)11(31,32)13(35,36)14(37,38)12(33,34)10(29,30)8(25,26)6(21,22)4(17,18)2(15)16/h2H,1H3,(H,39,40). The van der Waals surface area contributed by atoms with Gasteiger partial charge in [-0.05, 0) is 0 Å². The molecule has 26 heteroatoms. The van der Waals surface area contributed by atoms with Gasteiger partial charge in [0.15, 0.2) is 0 Å². The Labute approximate surface area is 201 Å². The minimum Gasteiger partial charge on any atom is -0.354 e. The molecule has 0 atom stereocenters. The summed E-state index contributed by atoms with van der Waals surface area (Å²) in [5, 5.41) is 0.328. The number of amides is 1. The summed E-state index contributed by atoms with van der Waals surface area (Å²) >= 11 is 0. The second-order valence-electron chi connectivity index (χ2n) is 7.25. The quantitative estimate of drug-likeness (QED) is 0.225. The van der Waals surface area contributed by atoms with Crippen LogP contribution in [0.15, 0.2) is 0 Å². The fraction of sp³-hybridized carbons (Fsp3) is 0.929. The van der Waals surface area contributed by atoms with Crippen LogP contribution < -0.4 is 5.32 Å². The van der Waals surface area contributed by atoms with Crippen LogP contribution in [0.5, 0.6) is 0 Å². The summed E-state index contributed by atoms with van der Waals surface area (Å²) in [4.78, 5) is 10.6. The predicted octanol–water partition coefficient (Wildman–Crippen LogP) is 6.99. The van der Waals surface area contributed by atoms with E-state index in [0.717, 1.165) is 0 Å². The average Bonchev–Trinajstić information content (AvgIpc) is 2.76. The Morgan fingerprint density at radius 3 is 0.825 bits per heavy atom. The maximum Gasteiger partial charge on any atom is 0.392 e. The number of halogens is 24. The maximum atomic E-state index is 13.6. The number of alkyl halides is 24. The van der Waals surface area contributed by atoms with Crippen molar-refractivity contribution >= 4 is 5.91 Å². The van der Waals surface area contributed by atoms with Gasteiger partial charge >= 0.3 is 71.6 Å². The molecule has 0 aromatic heterocycles. The Hall–Kier alpha value is -2.21. The average molecular weight is 659 g/mol. The lowest BCUT2D eigenvalue weighted by atomic mass is 9.84. The van der Waals surface area contributed by atoms with Gasteiger partial charge in [-0.3, -0.25) is 4.79 Å². The number of nitrogens with one attached hydrogen (secondary N) is 1. The zero-order chi connectivity index (χ0) is 33.4. The molecule has 0 radical (unpaired) electrons. The summed E-state index contributed by atoms with van der Waals surface area (Å²) in [5.41, 5.74) is 0. The Morgan fingerprint density at radius 1 is 0.425 bits per heavy atom. The van der Waals surface area contributed by atoms with Crippen molar-refractivity contribution in [2.45, 2.75) is 71.6 Å². The molecule has 0 fully saturated rings. The number of carbonyl (C=O) groups is 1. The zero-order valence-electron chi connectivity index (χ0n) is 17.6. The molecule has 1 N–H and O–H groups in total. The van der Waals surface area contributed by atoms with Crippen molar-refractivity contribution in [3.63, 3.8) is 0 Å². The summed E-state index contributed by atoms with van der Waals surface area (Å²) < 4.78 is 317. The Bertz CT molecular complexity index is 949. The highest BCUT2D eigenvalue weighted by atomic mass is 19.4. The van der Waals surface area contributed by atoms with Gasteiger partial charge in [0.2, 0.25) is 0 Å². The lowest BCUT2D eigenvalue weighted by Crippen LogP contribution is -2.78. The molecule has 40 heavy (non-hydrogen) atoms. The highest BCUT2D eigenvalue weighted by Crippen LogP contribution is 2.67. The number of carbonyl (C=O) groups excluding carboxylic acids is 1. The number of hydrogen-bond donors (Lipinski definition) is 1. The van der Waals surface area contributed by atoms with Crippen molar-refractivity contribution in [3.05, 3.63) is 0 Å². The molecule has 0 saturated carbocycles. The van der Waals surface area contributed by atoms with Gasteiger partial charge in [-0.25, -0.2) is 8.78 Å². The van der Waals surface area contributed by atoms with E-state index in [9.17, 15) is 110 Å². The zero-order valence-corrected chi connectivity index (χ0v) is 17.6. The van der Waals surface area contributed by atoms with Crippen molar-refractivity contribution in [2.24, 2.45) is 0 Å². The third-order valence-electron chi connectivity index (χ3n) is 4.75. The van der Waals surface area contributed by atoms with Crippen molar-refractivity contribution in [1.29, 1.82) is 0 Å². The molecule has 0 aliphatic carbocycles. The third kappa shape index (κ3) is 4.18. The van der Waals surface area contributed by atoms with Crippen LogP contribution in [0, 0.1) is 0 Å². The summed E-state index contributed by atoms with van der Waals surface area (Å²) in [6, 6.07) is 0. The fourth-order valence-corrected chi connectivity index (χ4v) is 2.22. The third-order valence-corrected chi connectivity index (χ3v) is 4.75. The van der Waals surface area contributed by atoms with E-state index >= 15 is 0 Å². The first-order valence-corrected chi connectivity index (χ1v) is 8.59. The van der Waals surface area contributed by atoms with Crippen LogP contribution in [-0.4, -0.2) is 84.5 Å². The molecule has 0 spiro atoms. The molecule has 0 aromatic carbocycles. The van der Waals surface area contributed by atoms with Crippen LogP contribution in [0.25, 0.3) is 0 Å². The smallest absolute Gasteiger partial charge is 0.354 e. The molecule has 0 aliphatic rings. The van der Waals surface area contributed by atoms with E-state index in [1.807, 2.05) is 0 Å². The number of rotatable bonds is 12. The molecular formula is C14H5F24NO. The van der Waals surface area contributed by atoms with Crippen molar-refractivity contribution in [3.8, 4) is 0 Å². The predicted molar refractivity (Wildman–Crippen MR) is 74.5 cm³/mol. The SMILES string of the molecule is CNC(=O)C(F)(F)C(F)(F)C(F)(F)C(F)(F)C(F)(F)C(F)(F)C(F)(F)C(F)(F)C(F)(F)C(F)(F)C(F)(F)C(F)F. The summed E-state index contributed by atoms with van der Waals surface area (Å²) in [6.45, 7) is 0. The van der Waals surface area contributed by atoms with E-state index in [1.54, 1.807) is 0 Å². The summed E-state index contributed by atoms with van der Waals surface area (Å²) in [6.07, 6.45) is -6.27. The minimum absolute atomic E-state index is 0.165. The molecule has 0 unspecified atom stereocenters. The van der Waals surface area contributed by atoms with Gasteiger partial charge in [0.1, 0.15) is 0 Å². The highest BCUT2D eigenvalue weighted by molar-refractivity contribution is 5.84. The molecule has 0 rings (SSSR count). The van der Waals surface area contributed by atoms with E-state index in [4.69, 9.17) is 0 Å². The Balaban J connectivity index is 7.32. The molecule has 0 aromatic rings.